The number of hydrogen-bond donors (Lipinski definition) is 3. The zero-order valence-corrected chi connectivity index (χ0v) is 9.06. The number of rotatable bonds is 1. The molecule has 16 heavy (non-hydrogen) atoms. The van der Waals surface area contributed by atoms with Crippen molar-refractivity contribution in [3.8, 4) is 0 Å². The molecule has 2 heterocycles. The fourth-order valence-corrected chi connectivity index (χ4v) is 1.85. The number of aromatic amines is 2. The zero-order valence-electron chi connectivity index (χ0n) is 9.06. The average molecular weight is 225 g/mol. The van der Waals surface area contributed by atoms with Gasteiger partial charge in [-0.15, -0.1) is 0 Å². The number of H-pyrrole nitrogens is 2. The number of amides is 1. The quantitative estimate of drug-likeness (QED) is 0.604. The summed E-state index contributed by atoms with van der Waals surface area (Å²) in [7, 11) is 0. The number of β-amino-alcohol motifs (C(OH)–C–C–N with tert-alkyl or cyclic N) is 1. The molecular weight excluding hydrogens is 210 g/mol. The number of imidazole rings is 1. The van der Waals surface area contributed by atoms with Crippen LogP contribution >= 0.6 is 0 Å². The minimum absolute atomic E-state index is 0.217. The zero-order chi connectivity index (χ0) is 11.7. The van der Waals surface area contributed by atoms with Crippen molar-refractivity contribution in [3.05, 3.63) is 22.4 Å². The summed E-state index contributed by atoms with van der Waals surface area (Å²) in [6.45, 7) is 2.90. The van der Waals surface area contributed by atoms with Crippen LogP contribution < -0.4 is 5.69 Å². The Morgan fingerprint density at radius 1 is 1.62 bits per heavy atom. The number of carbonyl (C=O) groups is 1. The molecule has 6 nitrogen and oxygen atoms in total. The lowest BCUT2D eigenvalue weighted by molar-refractivity contribution is 0.0245. The van der Waals surface area contributed by atoms with Gasteiger partial charge in [-0.2, -0.15) is 0 Å². The van der Waals surface area contributed by atoms with Crippen LogP contribution in [0.25, 0.3) is 0 Å². The van der Waals surface area contributed by atoms with Crippen molar-refractivity contribution < 1.29 is 9.90 Å². The van der Waals surface area contributed by atoms with Crippen molar-refractivity contribution in [1.82, 2.24) is 14.9 Å². The SMILES string of the molecule is CC1CCN(C(=O)c2c[nH]c(=O)[nH]2)CC1O. The number of aliphatic hydroxyl groups excluding tert-OH is 1. The van der Waals surface area contributed by atoms with Crippen molar-refractivity contribution in [1.29, 1.82) is 0 Å². The van der Waals surface area contributed by atoms with Gasteiger partial charge >= 0.3 is 5.69 Å². The highest BCUT2D eigenvalue weighted by molar-refractivity contribution is 5.92. The molecule has 0 aliphatic carbocycles. The Morgan fingerprint density at radius 3 is 2.94 bits per heavy atom. The molecule has 0 saturated carbocycles. The summed E-state index contributed by atoms with van der Waals surface area (Å²) >= 11 is 0. The predicted octanol–water partition coefficient (Wildman–Crippen LogP) is -0.454. The van der Waals surface area contributed by atoms with Gasteiger partial charge in [-0.05, 0) is 12.3 Å². The summed E-state index contributed by atoms with van der Waals surface area (Å²) in [5, 5.41) is 9.68. The van der Waals surface area contributed by atoms with E-state index in [0.29, 0.717) is 13.1 Å². The fraction of sp³-hybridized carbons (Fsp3) is 0.600. The van der Waals surface area contributed by atoms with Gasteiger partial charge in [-0.3, -0.25) is 4.79 Å². The highest BCUT2D eigenvalue weighted by Crippen LogP contribution is 2.17. The molecule has 1 amide bonds. The molecule has 1 aromatic rings. The molecule has 2 unspecified atom stereocenters. The molecule has 3 N–H and O–H groups in total. The van der Waals surface area contributed by atoms with Gasteiger partial charge in [0.25, 0.3) is 5.91 Å². The van der Waals surface area contributed by atoms with Gasteiger partial charge in [-0.1, -0.05) is 6.92 Å². The predicted molar refractivity (Wildman–Crippen MR) is 57.1 cm³/mol. The van der Waals surface area contributed by atoms with E-state index in [1.54, 1.807) is 4.90 Å². The molecule has 2 rings (SSSR count). The van der Waals surface area contributed by atoms with Gasteiger partial charge in [0.05, 0.1) is 6.10 Å². The van der Waals surface area contributed by atoms with Gasteiger partial charge in [-0.25, -0.2) is 4.79 Å². The topological polar surface area (TPSA) is 89.2 Å². The van der Waals surface area contributed by atoms with Gasteiger partial charge in [0.1, 0.15) is 5.69 Å². The molecule has 0 spiro atoms. The maximum absolute atomic E-state index is 11.9. The third-order valence-electron chi connectivity index (χ3n) is 3.03. The van der Waals surface area contributed by atoms with E-state index in [0.717, 1.165) is 6.42 Å². The van der Waals surface area contributed by atoms with E-state index in [1.165, 1.54) is 6.20 Å². The van der Waals surface area contributed by atoms with E-state index in [1.807, 2.05) is 6.92 Å². The van der Waals surface area contributed by atoms with Crippen molar-refractivity contribution >= 4 is 5.91 Å². The number of nitrogens with zero attached hydrogens (tertiary/aromatic N) is 1. The van der Waals surface area contributed by atoms with Crippen molar-refractivity contribution in [3.63, 3.8) is 0 Å². The molecule has 1 aliphatic rings. The van der Waals surface area contributed by atoms with Crippen LogP contribution in [0.1, 0.15) is 23.8 Å². The molecule has 1 saturated heterocycles. The molecule has 0 bridgehead atoms. The fourth-order valence-electron chi connectivity index (χ4n) is 1.85. The first kappa shape index (κ1) is 10.9. The Hall–Kier alpha value is -1.56. The number of aliphatic hydroxyl groups is 1. The second kappa shape index (κ2) is 4.13. The van der Waals surface area contributed by atoms with Crippen molar-refractivity contribution in [2.24, 2.45) is 5.92 Å². The molecule has 1 aliphatic heterocycles. The molecular formula is C10H15N3O3. The lowest BCUT2D eigenvalue weighted by Gasteiger charge is -2.33. The van der Waals surface area contributed by atoms with Crippen molar-refractivity contribution in [2.75, 3.05) is 13.1 Å². The van der Waals surface area contributed by atoms with Crippen LogP contribution in [0.3, 0.4) is 0 Å². The molecule has 1 aromatic heterocycles. The Labute approximate surface area is 92.3 Å². The Kier molecular flexibility index (Phi) is 2.82. The highest BCUT2D eigenvalue weighted by atomic mass is 16.3. The minimum Gasteiger partial charge on any atom is -0.391 e. The monoisotopic (exact) mass is 225 g/mol. The largest absolute Gasteiger partial charge is 0.391 e. The Balaban J connectivity index is 2.09. The van der Waals surface area contributed by atoms with Crippen LogP contribution in [0.2, 0.25) is 0 Å². The van der Waals surface area contributed by atoms with E-state index in [2.05, 4.69) is 9.97 Å². The number of aromatic nitrogens is 2. The van der Waals surface area contributed by atoms with E-state index >= 15 is 0 Å². The molecule has 0 aromatic carbocycles. The molecule has 2 atom stereocenters. The van der Waals surface area contributed by atoms with E-state index in [9.17, 15) is 14.7 Å². The van der Waals surface area contributed by atoms with Gasteiger partial charge < -0.3 is 20.0 Å². The number of carbonyl (C=O) groups excluding carboxylic acids is 1. The van der Waals surface area contributed by atoms with Gasteiger partial charge in [0.15, 0.2) is 0 Å². The number of nitrogens with one attached hydrogen (secondary N) is 2. The summed E-state index contributed by atoms with van der Waals surface area (Å²) < 4.78 is 0. The molecule has 1 fully saturated rings. The van der Waals surface area contributed by atoms with Gasteiger partial charge in [0.2, 0.25) is 0 Å². The first-order chi connectivity index (χ1) is 7.58. The lowest BCUT2D eigenvalue weighted by atomic mass is 9.96. The summed E-state index contributed by atoms with van der Waals surface area (Å²) in [5.41, 5.74) is -0.152. The minimum atomic E-state index is -0.483. The third-order valence-corrected chi connectivity index (χ3v) is 3.03. The Morgan fingerprint density at radius 2 is 2.38 bits per heavy atom. The lowest BCUT2D eigenvalue weighted by Crippen LogP contribution is -2.46. The molecule has 0 radical (unpaired) electrons. The van der Waals surface area contributed by atoms with Crippen LogP contribution in [0.4, 0.5) is 0 Å². The summed E-state index contributed by atoms with van der Waals surface area (Å²) in [5.74, 6) is -0.0291. The first-order valence-electron chi connectivity index (χ1n) is 5.33. The second-order valence-electron chi connectivity index (χ2n) is 4.24. The number of hydrogen-bond acceptors (Lipinski definition) is 3. The standard InChI is InChI=1S/C10H15N3O3/c1-6-2-3-13(5-8(6)14)9(15)7-4-11-10(16)12-7/h4,6,8,14H,2-3,5H2,1H3,(H2,11,12,16). The number of piperidine rings is 1. The van der Waals surface area contributed by atoms with E-state index in [4.69, 9.17) is 0 Å². The van der Waals surface area contributed by atoms with Crippen molar-refractivity contribution in [2.45, 2.75) is 19.4 Å². The first-order valence-corrected chi connectivity index (χ1v) is 5.33. The Bertz CT molecular complexity index is 437. The van der Waals surface area contributed by atoms with Crippen LogP contribution in [0, 0.1) is 5.92 Å². The normalized spacial score (nSPS) is 25.8. The highest BCUT2D eigenvalue weighted by Gasteiger charge is 2.28. The van der Waals surface area contributed by atoms with Crippen LogP contribution in [-0.2, 0) is 0 Å². The van der Waals surface area contributed by atoms with E-state index < -0.39 is 11.8 Å². The van der Waals surface area contributed by atoms with Gasteiger partial charge in [0, 0.05) is 19.3 Å². The maximum atomic E-state index is 11.9. The maximum Gasteiger partial charge on any atom is 0.323 e. The van der Waals surface area contributed by atoms with E-state index in [-0.39, 0.29) is 17.5 Å². The second-order valence-corrected chi connectivity index (χ2v) is 4.24. The van der Waals surface area contributed by atoms with Crippen LogP contribution in [-0.4, -0.2) is 45.1 Å². The summed E-state index contributed by atoms with van der Waals surface area (Å²) in [6, 6.07) is 0. The van der Waals surface area contributed by atoms with Crippen LogP contribution in [0.5, 0.6) is 0 Å². The smallest absolute Gasteiger partial charge is 0.323 e. The third kappa shape index (κ3) is 2.01. The molecule has 6 heteroatoms. The van der Waals surface area contributed by atoms with Crippen LogP contribution in [0.15, 0.2) is 11.0 Å². The summed E-state index contributed by atoms with van der Waals surface area (Å²) in [4.78, 5) is 29.1. The summed E-state index contributed by atoms with van der Waals surface area (Å²) in [6.07, 6.45) is 1.65. The molecule has 88 valence electrons. The number of likely N-dealkylation sites (tertiary alicyclic amines) is 1. The average Bonchev–Trinajstić information content (AvgIpc) is 2.68.